The number of benzene rings is 1. The highest BCUT2D eigenvalue weighted by molar-refractivity contribution is 5.58. The van der Waals surface area contributed by atoms with Gasteiger partial charge in [0.05, 0.1) is 11.6 Å². The van der Waals surface area contributed by atoms with E-state index >= 15 is 0 Å². The van der Waals surface area contributed by atoms with Crippen molar-refractivity contribution in [2.75, 3.05) is 7.05 Å². The van der Waals surface area contributed by atoms with E-state index < -0.39 is 11.7 Å². The van der Waals surface area contributed by atoms with Gasteiger partial charge in [-0.3, -0.25) is 0 Å². The Kier molecular flexibility index (Phi) is 3.66. The highest BCUT2D eigenvalue weighted by atomic mass is 19.4. The summed E-state index contributed by atoms with van der Waals surface area (Å²) in [5.41, 5.74) is -0.0332. The Morgan fingerprint density at radius 2 is 1.68 bits per heavy atom. The Balaban J connectivity index is 2.25. The van der Waals surface area contributed by atoms with Crippen LogP contribution in [0.15, 0.2) is 40.8 Å². The molecule has 1 atom stereocenters. The summed E-state index contributed by atoms with van der Waals surface area (Å²) in [6.45, 7) is 1.94. The first-order valence-electron chi connectivity index (χ1n) is 5.86. The van der Waals surface area contributed by atoms with Crippen molar-refractivity contribution < 1.29 is 17.6 Å². The summed E-state index contributed by atoms with van der Waals surface area (Å²) in [7, 11) is 1.81. The van der Waals surface area contributed by atoms with Crippen molar-refractivity contribution in [2.24, 2.45) is 0 Å². The summed E-state index contributed by atoms with van der Waals surface area (Å²) >= 11 is 0. The van der Waals surface area contributed by atoms with Gasteiger partial charge in [0.2, 0.25) is 0 Å². The lowest BCUT2D eigenvalue weighted by Gasteiger charge is -2.07. The SMILES string of the molecule is CNC(C)c1ccc(-c2ccc(C(F)(F)F)cc2)o1. The largest absolute Gasteiger partial charge is 0.459 e. The average Bonchev–Trinajstić information content (AvgIpc) is 2.86. The third-order valence-electron chi connectivity index (χ3n) is 2.98. The van der Waals surface area contributed by atoms with Gasteiger partial charge in [0, 0.05) is 5.56 Å². The van der Waals surface area contributed by atoms with Crippen LogP contribution in [0.25, 0.3) is 11.3 Å². The highest BCUT2D eigenvalue weighted by Crippen LogP contribution is 2.31. The van der Waals surface area contributed by atoms with Crippen molar-refractivity contribution in [3.63, 3.8) is 0 Å². The molecule has 0 saturated heterocycles. The highest BCUT2D eigenvalue weighted by Gasteiger charge is 2.30. The minimum Gasteiger partial charge on any atom is -0.459 e. The fourth-order valence-corrected chi connectivity index (χ4v) is 1.71. The quantitative estimate of drug-likeness (QED) is 0.901. The molecule has 1 aromatic carbocycles. The number of furan rings is 1. The second-order valence-electron chi connectivity index (χ2n) is 4.29. The van der Waals surface area contributed by atoms with E-state index in [2.05, 4.69) is 5.32 Å². The Labute approximate surface area is 109 Å². The fraction of sp³-hybridized carbons (Fsp3) is 0.286. The van der Waals surface area contributed by atoms with Gasteiger partial charge in [0.15, 0.2) is 0 Å². The van der Waals surface area contributed by atoms with E-state index in [1.807, 2.05) is 20.0 Å². The van der Waals surface area contributed by atoms with E-state index in [9.17, 15) is 13.2 Å². The lowest BCUT2D eigenvalue weighted by Crippen LogP contribution is -2.11. The predicted molar refractivity (Wildman–Crippen MR) is 66.6 cm³/mol. The molecule has 19 heavy (non-hydrogen) atoms. The standard InChI is InChI=1S/C14H14F3NO/c1-9(18-2)12-7-8-13(19-12)10-3-5-11(6-4-10)14(15,16)17/h3-9,18H,1-2H3. The molecule has 2 rings (SSSR count). The molecule has 1 aromatic heterocycles. The second-order valence-corrected chi connectivity index (χ2v) is 4.29. The number of hydrogen-bond donors (Lipinski definition) is 1. The van der Waals surface area contributed by atoms with Gasteiger partial charge >= 0.3 is 6.18 Å². The molecule has 0 radical (unpaired) electrons. The molecule has 0 aliphatic carbocycles. The van der Waals surface area contributed by atoms with Crippen molar-refractivity contribution in [1.82, 2.24) is 5.32 Å². The molecular formula is C14H14F3NO. The summed E-state index contributed by atoms with van der Waals surface area (Å²) in [6.07, 6.45) is -4.31. The third kappa shape index (κ3) is 2.98. The normalized spacial score (nSPS) is 13.5. The minimum atomic E-state index is -4.31. The molecule has 0 aliphatic rings. The van der Waals surface area contributed by atoms with E-state index in [1.54, 1.807) is 6.07 Å². The molecule has 1 unspecified atom stereocenters. The van der Waals surface area contributed by atoms with Crippen LogP contribution in [-0.4, -0.2) is 7.05 Å². The van der Waals surface area contributed by atoms with E-state index in [0.717, 1.165) is 17.9 Å². The van der Waals surface area contributed by atoms with Crippen LogP contribution in [0.3, 0.4) is 0 Å². The maximum absolute atomic E-state index is 12.4. The van der Waals surface area contributed by atoms with Crippen LogP contribution in [0.1, 0.15) is 24.3 Å². The molecule has 0 spiro atoms. The Bertz CT molecular complexity index is 543. The van der Waals surface area contributed by atoms with Gasteiger partial charge in [-0.15, -0.1) is 0 Å². The molecule has 5 heteroatoms. The van der Waals surface area contributed by atoms with E-state index in [1.165, 1.54) is 12.1 Å². The van der Waals surface area contributed by atoms with Crippen LogP contribution in [0, 0.1) is 0 Å². The molecule has 0 saturated carbocycles. The molecule has 0 amide bonds. The van der Waals surface area contributed by atoms with Gasteiger partial charge in [-0.25, -0.2) is 0 Å². The molecular weight excluding hydrogens is 255 g/mol. The van der Waals surface area contributed by atoms with Crippen LogP contribution in [0.5, 0.6) is 0 Å². The first-order chi connectivity index (χ1) is 8.91. The summed E-state index contributed by atoms with van der Waals surface area (Å²) in [6, 6.07) is 8.56. The molecule has 0 bridgehead atoms. The maximum atomic E-state index is 12.4. The van der Waals surface area contributed by atoms with Crippen molar-refractivity contribution in [1.29, 1.82) is 0 Å². The first-order valence-corrected chi connectivity index (χ1v) is 5.86. The Hall–Kier alpha value is -1.75. The number of nitrogens with one attached hydrogen (secondary N) is 1. The molecule has 0 fully saturated rings. The van der Waals surface area contributed by atoms with Crippen LogP contribution in [0.4, 0.5) is 13.2 Å². The smallest absolute Gasteiger partial charge is 0.416 e. The zero-order chi connectivity index (χ0) is 14.0. The third-order valence-corrected chi connectivity index (χ3v) is 2.98. The predicted octanol–water partition coefficient (Wildman–Crippen LogP) is 4.25. The summed E-state index contributed by atoms with van der Waals surface area (Å²) in [5, 5.41) is 3.03. The molecule has 1 heterocycles. The molecule has 2 nitrogen and oxygen atoms in total. The van der Waals surface area contributed by atoms with Crippen LogP contribution < -0.4 is 5.32 Å². The summed E-state index contributed by atoms with van der Waals surface area (Å²) < 4.78 is 42.9. The lowest BCUT2D eigenvalue weighted by molar-refractivity contribution is -0.137. The zero-order valence-corrected chi connectivity index (χ0v) is 10.6. The van der Waals surface area contributed by atoms with Crippen molar-refractivity contribution >= 4 is 0 Å². The summed E-state index contributed by atoms with van der Waals surface area (Å²) in [5.74, 6) is 1.31. The zero-order valence-electron chi connectivity index (χ0n) is 10.6. The van der Waals surface area contributed by atoms with Gasteiger partial charge in [0.1, 0.15) is 11.5 Å². The van der Waals surface area contributed by atoms with Crippen LogP contribution >= 0.6 is 0 Å². The van der Waals surface area contributed by atoms with Gasteiger partial charge < -0.3 is 9.73 Å². The average molecular weight is 269 g/mol. The van der Waals surface area contributed by atoms with Crippen molar-refractivity contribution in [3.05, 3.63) is 47.7 Å². The monoisotopic (exact) mass is 269 g/mol. The Morgan fingerprint density at radius 3 is 2.21 bits per heavy atom. The maximum Gasteiger partial charge on any atom is 0.416 e. The van der Waals surface area contributed by atoms with Gasteiger partial charge in [0.25, 0.3) is 0 Å². The van der Waals surface area contributed by atoms with E-state index in [-0.39, 0.29) is 6.04 Å². The van der Waals surface area contributed by atoms with Gasteiger partial charge in [-0.1, -0.05) is 12.1 Å². The number of halogens is 3. The second kappa shape index (κ2) is 5.09. The van der Waals surface area contributed by atoms with Crippen LogP contribution in [-0.2, 0) is 6.18 Å². The minimum absolute atomic E-state index is 0.0585. The molecule has 2 aromatic rings. The molecule has 102 valence electrons. The van der Waals surface area contributed by atoms with Gasteiger partial charge in [-0.05, 0) is 38.2 Å². The number of alkyl halides is 3. The number of hydrogen-bond acceptors (Lipinski definition) is 2. The lowest BCUT2D eigenvalue weighted by atomic mass is 10.1. The van der Waals surface area contributed by atoms with Crippen molar-refractivity contribution in [3.8, 4) is 11.3 Å². The van der Waals surface area contributed by atoms with Crippen molar-refractivity contribution in [2.45, 2.75) is 19.1 Å². The summed E-state index contributed by atoms with van der Waals surface area (Å²) in [4.78, 5) is 0. The number of rotatable bonds is 3. The fourth-order valence-electron chi connectivity index (χ4n) is 1.71. The molecule has 0 aliphatic heterocycles. The molecule has 1 N–H and O–H groups in total. The first kappa shape index (κ1) is 13.7. The van der Waals surface area contributed by atoms with E-state index in [0.29, 0.717) is 11.3 Å². The van der Waals surface area contributed by atoms with E-state index in [4.69, 9.17) is 4.42 Å². The topological polar surface area (TPSA) is 25.2 Å². The van der Waals surface area contributed by atoms with Crippen LogP contribution in [0.2, 0.25) is 0 Å². The Morgan fingerprint density at radius 1 is 1.05 bits per heavy atom. The van der Waals surface area contributed by atoms with Gasteiger partial charge in [-0.2, -0.15) is 13.2 Å².